The van der Waals surface area contributed by atoms with Gasteiger partial charge in [0.05, 0.1) is 6.61 Å². The number of aliphatic hydroxyl groups excluding tert-OH is 1. The van der Waals surface area contributed by atoms with Crippen LogP contribution in [0.1, 0.15) is 32.3 Å². The van der Waals surface area contributed by atoms with Crippen LogP contribution in [0.5, 0.6) is 0 Å². The lowest BCUT2D eigenvalue weighted by Gasteiger charge is -2.24. The van der Waals surface area contributed by atoms with Crippen LogP contribution in [0, 0.1) is 0 Å². The number of hydrazine groups is 1. The van der Waals surface area contributed by atoms with Gasteiger partial charge in [0.15, 0.2) is 0 Å². The number of carbonyl (C=O) groups excluding carboxylic acids is 2. The molecule has 1 heterocycles. The number of hydrogen-bond donors (Lipinski definition) is 5. The van der Waals surface area contributed by atoms with E-state index >= 15 is 0 Å². The monoisotopic (exact) mass is 450 g/mol. The van der Waals surface area contributed by atoms with Crippen molar-refractivity contribution in [2.24, 2.45) is 5.73 Å². The Morgan fingerprint density at radius 1 is 1.23 bits per heavy atom. The highest BCUT2D eigenvalue weighted by Crippen LogP contribution is 2.25. The number of amides is 2. The van der Waals surface area contributed by atoms with Crippen molar-refractivity contribution in [2.45, 2.75) is 33.1 Å². The maximum Gasteiger partial charge on any atom is 0.284 e. The molecule has 0 aliphatic carbocycles. The summed E-state index contributed by atoms with van der Waals surface area (Å²) in [6.07, 6.45) is 3.60. The number of anilines is 1. The predicted octanol–water partition coefficient (Wildman–Crippen LogP) is 0.994. The summed E-state index contributed by atoms with van der Waals surface area (Å²) in [5, 5.41) is 9.13. The molecule has 10 heteroatoms. The van der Waals surface area contributed by atoms with E-state index in [9.17, 15) is 9.59 Å². The molecule has 2 rings (SSSR count). The zero-order valence-electron chi connectivity index (χ0n) is 18.3. The van der Waals surface area contributed by atoms with Gasteiger partial charge in [0, 0.05) is 44.2 Å². The smallest absolute Gasteiger partial charge is 0.284 e. The first-order chi connectivity index (χ1) is 15.0. The Bertz CT molecular complexity index is 750. The molecular weight excluding hydrogens is 416 g/mol. The fourth-order valence-electron chi connectivity index (χ4n) is 3.27. The highest BCUT2D eigenvalue weighted by Gasteiger charge is 2.21. The Hall–Kier alpha value is -2.27. The second kappa shape index (κ2) is 13.2. The summed E-state index contributed by atoms with van der Waals surface area (Å²) in [5.41, 5.74) is 13.0. The number of nitrogens with two attached hydrogens (primary N) is 1. The highest BCUT2D eigenvalue weighted by atomic mass is 32.2. The van der Waals surface area contributed by atoms with E-state index in [0.717, 1.165) is 30.6 Å². The van der Waals surface area contributed by atoms with Gasteiger partial charge in [-0.05, 0) is 57.0 Å². The Labute approximate surface area is 188 Å². The molecule has 0 saturated carbocycles. The topological polar surface area (TPSA) is 123 Å². The van der Waals surface area contributed by atoms with Crippen LogP contribution >= 0.6 is 11.9 Å². The van der Waals surface area contributed by atoms with Gasteiger partial charge in [-0.2, -0.15) is 0 Å². The molecule has 0 radical (unpaired) electrons. The standard InChI is InChI=1S/C21H34N6O3S/c1-3-27(16(2)29)21(19(22)20(30)24-23-11-15-28)31-25-18-8-6-17(7-9-18)10-14-26-12-4-5-13-26/h6-9,23,25,28H,3-5,10-15,22H2,1-2H3,(H,24,30)/b21-19+. The molecule has 1 aromatic carbocycles. The zero-order valence-corrected chi connectivity index (χ0v) is 19.1. The second-order valence-electron chi connectivity index (χ2n) is 7.29. The van der Waals surface area contributed by atoms with Crippen molar-refractivity contribution < 1.29 is 14.7 Å². The molecule has 172 valence electrons. The molecule has 0 atom stereocenters. The van der Waals surface area contributed by atoms with Gasteiger partial charge in [0.2, 0.25) is 5.91 Å². The first-order valence-electron chi connectivity index (χ1n) is 10.6. The van der Waals surface area contributed by atoms with Crippen molar-refractivity contribution in [3.8, 4) is 0 Å². The highest BCUT2D eigenvalue weighted by molar-refractivity contribution is 8.04. The lowest BCUT2D eigenvalue weighted by molar-refractivity contribution is -0.126. The van der Waals surface area contributed by atoms with Crippen molar-refractivity contribution in [3.63, 3.8) is 0 Å². The number of nitrogens with one attached hydrogen (secondary N) is 3. The van der Waals surface area contributed by atoms with Crippen LogP contribution in [0.25, 0.3) is 0 Å². The Balaban J connectivity index is 2.02. The zero-order chi connectivity index (χ0) is 22.6. The summed E-state index contributed by atoms with van der Waals surface area (Å²) >= 11 is 1.11. The molecule has 2 amide bonds. The fourth-order valence-corrected chi connectivity index (χ4v) is 4.19. The maximum absolute atomic E-state index is 12.3. The van der Waals surface area contributed by atoms with E-state index in [4.69, 9.17) is 10.8 Å². The van der Waals surface area contributed by atoms with Gasteiger partial charge in [-0.15, -0.1) is 0 Å². The quantitative estimate of drug-likeness (QED) is 0.138. The Kier molecular flexibility index (Phi) is 10.6. The molecular formula is C21H34N6O3S. The normalized spacial score (nSPS) is 14.8. The number of aliphatic hydroxyl groups is 1. The van der Waals surface area contributed by atoms with Gasteiger partial charge in [0.25, 0.3) is 5.91 Å². The molecule has 1 saturated heterocycles. The second-order valence-corrected chi connectivity index (χ2v) is 8.08. The SMILES string of the molecule is CCN(C(C)=O)/C(SNc1ccc(CCN2CCCC2)cc1)=C(\N)C(=O)NNCCO. The lowest BCUT2D eigenvalue weighted by Crippen LogP contribution is -2.43. The summed E-state index contributed by atoms with van der Waals surface area (Å²) in [5.74, 6) is -0.794. The molecule has 0 bridgehead atoms. The number of rotatable bonds is 12. The van der Waals surface area contributed by atoms with Crippen molar-refractivity contribution in [1.82, 2.24) is 20.7 Å². The van der Waals surface area contributed by atoms with Crippen LogP contribution in [-0.2, 0) is 16.0 Å². The van der Waals surface area contributed by atoms with Gasteiger partial charge in [-0.1, -0.05) is 12.1 Å². The fraction of sp³-hybridized carbons (Fsp3) is 0.524. The third-order valence-electron chi connectivity index (χ3n) is 4.99. The van der Waals surface area contributed by atoms with Gasteiger partial charge in [-0.3, -0.25) is 15.0 Å². The molecule has 31 heavy (non-hydrogen) atoms. The van der Waals surface area contributed by atoms with Gasteiger partial charge < -0.3 is 25.4 Å². The lowest BCUT2D eigenvalue weighted by atomic mass is 10.1. The van der Waals surface area contributed by atoms with Crippen LogP contribution in [0.2, 0.25) is 0 Å². The molecule has 1 fully saturated rings. The van der Waals surface area contributed by atoms with Gasteiger partial charge in [0.1, 0.15) is 10.7 Å². The van der Waals surface area contributed by atoms with Crippen LogP contribution in [0.15, 0.2) is 35.0 Å². The predicted molar refractivity (Wildman–Crippen MR) is 125 cm³/mol. The van der Waals surface area contributed by atoms with Crippen LogP contribution < -0.4 is 21.3 Å². The molecule has 9 nitrogen and oxygen atoms in total. The minimum Gasteiger partial charge on any atom is -0.395 e. The summed E-state index contributed by atoms with van der Waals surface area (Å²) in [7, 11) is 0. The summed E-state index contributed by atoms with van der Waals surface area (Å²) < 4.78 is 3.18. The Morgan fingerprint density at radius 3 is 2.48 bits per heavy atom. The van der Waals surface area contributed by atoms with Crippen LogP contribution in [0.4, 0.5) is 5.69 Å². The van der Waals surface area contributed by atoms with E-state index in [1.54, 1.807) is 0 Å². The molecule has 0 aromatic heterocycles. The summed E-state index contributed by atoms with van der Waals surface area (Å²) in [4.78, 5) is 28.3. The third-order valence-corrected chi connectivity index (χ3v) is 5.96. The molecule has 1 aliphatic heterocycles. The minimum absolute atomic E-state index is 0.0952. The van der Waals surface area contributed by atoms with Gasteiger partial charge in [-0.25, -0.2) is 5.43 Å². The van der Waals surface area contributed by atoms with E-state index in [-0.39, 0.29) is 24.8 Å². The van der Waals surface area contributed by atoms with Crippen molar-refractivity contribution in [2.75, 3.05) is 44.1 Å². The minimum atomic E-state index is -0.574. The number of nitrogens with zero attached hydrogens (tertiary/aromatic N) is 2. The van der Waals surface area contributed by atoms with E-state index in [0.29, 0.717) is 11.6 Å². The average Bonchev–Trinajstić information content (AvgIpc) is 3.29. The van der Waals surface area contributed by atoms with Crippen LogP contribution in [-0.4, -0.2) is 66.1 Å². The number of carbonyl (C=O) groups is 2. The van der Waals surface area contributed by atoms with Crippen molar-refractivity contribution in [3.05, 3.63) is 40.6 Å². The number of likely N-dealkylation sites (tertiary alicyclic amines) is 1. The molecule has 6 N–H and O–H groups in total. The van der Waals surface area contributed by atoms with E-state index in [1.807, 2.05) is 19.1 Å². The molecule has 0 unspecified atom stereocenters. The molecule has 1 aliphatic rings. The number of benzene rings is 1. The van der Waals surface area contributed by atoms with E-state index in [1.165, 1.54) is 43.3 Å². The maximum atomic E-state index is 12.3. The first-order valence-corrected chi connectivity index (χ1v) is 11.4. The average molecular weight is 451 g/mol. The van der Waals surface area contributed by atoms with Crippen molar-refractivity contribution in [1.29, 1.82) is 0 Å². The number of hydrogen-bond acceptors (Lipinski definition) is 8. The first kappa shape index (κ1) is 25.0. The van der Waals surface area contributed by atoms with Crippen LogP contribution in [0.3, 0.4) is 0 Å². The van der Waals surface area contributed by atoms with E-state index < -0.39 is 5.91 Å². The largest absolute Gasteiger partial charge is 0.395 e. The molecule has 0 spiro atoms. The van der Waals surface area contributed by atoms with Crippen molar-refractivity contribution >= 4 is 29.4 Å². The van der Waals surface area contributed by atoms with E-state index in [2.05, 4.69) is 32.6 Å². The Morgan fingerprint density at radius 2 is 1.90 bits per heavy atom. The third kappa shape index (κ3) is 8.06. The molecule has 1 aromatic rings. The summed E-state index contributed by atoms with van der Waals surface area (Å²) in [6.45, 7) is 7.13. The summed E-state index contributed by atoms with van der Waals surface area (Å²) in [6, 6.07) is 8.12. The van der Waals surface area contributed by atoms with Gasteiger partial charge >= 0.3 is 0 Å².